The number of hydrogen-bond acceptors (Lipinski definition) is 4. The number of imidazole rings is 1. The first-order valence-electron chi connectivity index (χ1n) is 6.55. The molecule has 0 aliphatic rings. The second-order valence-electron chi connectivity index (χ2n) is 4.57. The first kappa shape index (κ1) is 13.7. The SMILES string of the molecule is CCCC(CN)c1nc2cc(OC)c(OC)cc2[nH]1. The molecule has 1 atom stereocenters. The average molecular weight is 263 g/mol. The van der Waals surface area contributed by atoms with Crippen molar-refractivity contribution in [2.75, 3.05) is 20.8 Å². The fraction of sp³-hybridized carbons (Fsp3) is 0.500. The van der Waals surface area contributed by atoms with E-state index in [0.717, 1.165) is 29.7 Å². The van der Waals surface area contributed by atoms with E-state index < -0.39 is 0 Å². The molecule has 0 aliphatic carbocycles. The first-order chi connectivity index (χ1) is 9.23. The number of rotatable bonds is 6. The van der Waals surface area contributed by atoms with Gasteiger partial charge in [0.05, 0.1) is 25.3 Å². The fourth-order valence-corrected chi connectivity index (χ4v) is 2.26. The van der Waals surface area contributed by atoms with Gasteiger partial charge in [0.25, 0.3) is 0 Å². The summed E-state index contributed by atoms with van der Waals surface area (Å²) in [6.45, 7) is 2.75. The van der Waals surface area contributed by atoms with Crippen molar-refractivity contribution >= 4 is 11.0 Å². The first-order valence-corrected chi connectivity index (χ1v) is 6.55. The van der Waals surface area contributed by atoms with Crippen molar-refractivity contribution in [1.82, 2.24) is 9.97 Å². The van der Waals surface area contributed by atoms with E-state index in [-0.39, 0.29) is 5.92 Å². The number of benzene rings is 1. The predicted molar refractivity (Wildman–Crippen MR) is 75.9 cm³/mol. The molecule has 5 heteroatoms. The quantitative estimate of drug-likeness (QED) is 0.839. The Balaban J connectivity index is 2.44. The van der Waals surface area contributed by atoms with E-state index >= 15 is 0 Å². The van der Waals surface area contributed by atoms with E-state index in [1.165, 1.54) is 0 Å². The maximum Gasteiger partial charge on any atom is 0.163 e. The van der Waals surface area contributed by atoms with Crippen LogP contribution >= 0.6 is 0 Å². The smallest absolute Gasteiger partial charge is 0.163 e. The zero-order valence-corrected chi connectivity index (χ0v) is 11.7. The van der Waals surface area contributed by atoms with Crippen LogP contribution in [0.25, 0.3) is 11.0 Å². The van der Waals surface area contributed by atoms with Crippen LogP contribution in [0.5, 0.6) is 11.5 Å². The van der Waals surface area contributed by atoms with E-state index in [0.29, 0.717) is 18.0 Å². The number of nitrogens with one attached hydrogen (secondary N) is 1. The van der Waals surface area contributed by atoms with E-state index in [1.54, 1.807) is 14.2 Å². The van der Waals surface area contributed by atoms with Crippen molar-refractivity contribution in [1.29, 1.82) is 0 Å². The predicted octanol–water partition coefficient (Wildman–Crippen LogP) is 2.42. The number of H-pyrrole nitrogens is 1. The number of hydrogen-bond donors (Lipinski definition) is 2. The molecular formula is C14H21N3O2. The van der Waals surface area contributed by atoms with Crippen LogP contribution in [0.1, 0.15) is 31.5 Å². The lowest BCUT2D eigenvalue weighted by Crippen LogP contribution is -2.13. The van der Waals surface area contributed by atoms with Crippen molar-refractivity contribution in [3.8, 4) is 11.5 Å². The molecule has 0 radical (unpaired) electrons. The Morgan fingerprint density at radius 3 is 2.53 bits per heavy atom. The molecule has 0 amide bonds. The van der Waals surface area contributed by atoms with Crippen LogP contribution in [0, 0.1) is 0 Å². The monoisotopic (exact) mass is 263 g/mol. The van der Waals surface area contributed by atoms with Gasteiger partial charge in [0.2, 0.25) is 0 Å². The third kappa shape index (κ3) is 2.66. The van der Waals surface area contributed by atoms with Crippen LogP contribution in [0.4, 0.5) is 0 Å². The minimum absolute atomic E-state index is 0.273. The topological polar surface area (TPSA) is 73.2 Å². The summed E-state index contributed by atoms with van der Waals surface area (Å²) >= 11 is 0. The van der Waals surface area contributed by atoms with Gasteiger partial charge in [-0.2, -0.15) is 0 Å². The summed E-state index contributed by atoms with van der Waals surface area (Å²) in [7, 11) is 3.25. The molecule has 0 spiro atoms. The van der Waals surface area contributed by atoms with Crippen LogP contribution in [0.3, 0.4) is 0 Å². The summed E-state index contributed by atoms with van der Waals surface area (Å²) in [5, 5.41) is 0. The van der Waals surface area contributed by atoms with Crippen LogP contribution in [0.2, 0.25) is 0 Å². The number of fused-ring (bicyclic) bond motifs is 1. The Bertz CT molecular complexity index is 510. The largest absolute Gasteiger partial charge is 0.493 e. The van der Waals surface area contributed by atoms with Crippen LogP contribution in [-0.2, 0) is 0 Å². The highest BCUT2D eigenvalue weighted by atomic mass is 16.5. The van der Waals surface area contributed by atoms with Crippen molar-refractivity contribution in [3.63, 3.8) is 0 Å². The molecule has 0 bridgehead atoms. The van der Waals surface area contributed by atoms with Crippen molar-refractivity contribution < 1.29 is 9.47 Å². The molecule has 2 aromatic rings. The number of ether oxygens (including phenoxy) is 2. The van der Waals surface area contributed by atoms with Crippen molar-refractivity contribution in [2.45, 2.75) is 25.7 Å². The summed E-state index contributed by atoms with van der Waals surface area (Å²) < 4.78 is 10.6. The van der Waals surface area contributed by atoms with E-state index in [4.69, 9.17) is 15.2 Å². The van der Waals surface area contributed by atoms with Crippen molar-refractivity contribution in [2.24, 2.45) is 5.73 Å². The molecule has 1 unspecified atom stereocenters. The normalized spacial score (nSPS) is 12.6. The number of aromatic nitrogens is 2. The van der Waals surface area contributed by atoms with Gasteiger partial charge >= 0.3 is 0 Å². The van der Waals surface area contributed by atoms with Gasteiger partial charge in [0, 0.05) is 24.6 Å². The van der Waals surface area contributed by atoms with Gasteiger partial charge in [0.15, 0.2) is 11.5 Å². The molecule has 0 saturated carbocycles. The Morgan fingerprint density at radius 2 is 1.95 bits per heavy atom. The van der Waals surface area contributed by atoms with Gasteiger partial charge in [0.1, 0.15) is 5.82 Å². The lowest BCUT2D eigenvalue weighted by Gasteiger charge is -2.09. The average Bonchev–Trinajstić information content (AvgIpc) is 2.85. The maximum absolute atomic E-state index is 5.82. The molecule has 0 aliphatic heterocycles. The minimum Gasteiger partial charge on any atom is -0.493 e. The van der Waals surface area contributed by atoms with Crippen LogP contribution in [0.15, 0.2) is 12.1 Å². The standard InChI is InChI=1S/C14H21N3O2/c1-4-5-9(8-15)14-16-10-6-12(18-2)13(19-3)7-11(10)17-14/h6-7,9H,4-5,8,15H2,1-3H3,(H,16,17). The summed E-state index contributed by atoms with van der Waals surface area (Å²) in [5.41, 5.74) is 7.64. The number of nitrogens with two attached hydrogens (primary N) is 1. The second-order valence-corrected chi connectivity index (χ2v) is 4.57. The van der Waals surface area contributed by atoms with Gasteiger partial charge in [-0.1, -0.05) is 13.3 Å². The number of aromatic amines is 1. The maximum atomic E-state index is 5.82. The summed E-state index contributed by atoms with van der Waals surface area (Å²) in [4.78, 5) is 7.95. The van der Waals surface area contributed by atoms with Gasteiger partial charge in [-0.25, -0.2) is 4.98 Å². The van der Waals surface area contributed by atoms with Gasteiger partial charge < -0.3 is 20.2 Å². The number of methoxy groups -OCH3 is 2. The molecule has 19 heavy (non-hydrogen) atoms. The summed E-state index contributed by atoms with van der Waals surface area (Å²) in [6, 6.07) is 3.79. The molecule has 2 rings (SSSR count). The molecule has 0 saturated heterocycles. The number of nitrogens with zero attached hydrogens (tertiary/aromatic N) is 1. The fourth-order valence-electron chi connectivity index (χ4n) is 2.26. The highest BCUT2D eigenvalue weighted by Gasteiger charge is 2.15. The molecule has 1 aromatic heterocycles. The molecule has 0 fully saturated rings. The Morgan fingerprint density at radius 1 is 1.26 bits per heavy atom. The lowest BCUT2D eigenvalue weighted by atomic mass is 10.0. The third-order valence-electron chi connectivity index (χ3n) is 3.31. The Kier molecular flexibility index (Phi) is 4.27. The highest BCUT2D eigenvalue weighted by molar-refractivity contribution is 5.79. The van der Waals surface area contributed by atoms with Crippen molar-refractivity contribution in [3.05, 3.63) is 18.0 Å². The zero-order chi connectivity index (χ0) is 13.8. The van der Waals surface area contributed by atoms with Crippen LogP contribution < -0.4 is 15.2 Å². The molecular weight excluding hydrogens is 242 g/mol. The third-order valence-corrected chi connectivity index (χ3v) is 3.31. The van der Waals surface area contributed by atoms with E-state index in [1.807, 2.05) is 12.1 Å². The molecule has 3 N–H and O–H groups in total. The van der Waals surface area contributed by atoms with Gasteiger partial charge in [-0.3, -0.25) is 0 Å². The lowest BCUT2D eigenvalue weighted by molar-refractivity contribution is 0.356. The van der Waals surface area contributed by atoms with Gasteiger partial charge in [-0.15, -0.1) is 0 Å². The molecule has 104 valence electrons. The summed E-state index contributed by atoms with van der Waals surface area (Å²) in [5.74, 6) is 2.60. The van der Waals surface area contributed by atoms with E-state index in [9.17, 15) is 0 Å². The summed E-state index contributed by atoms with van der Waals surface area (Å²) in [6.07, 6.45) is 2.12. The second kappa shape index (κ2) is 5.93. The Hall–Kier alpha value is -1.75. The molecule has 1 heterocycles. The molecule has 1 aromatic carbocycles. The highest BCUT2D eigenvalue weighted by Crippen LogP contribution is 2.32. The zero-order valence-electron chi connectivity index (χ0n) is 11.7. The van der Waals surface area contributed by atoms with Crippen LogP contribution in [-0.4, -0.2) is 30.7 Å². The Labute approximate surface area is 113 Å². The molecule has 5 nitrogen and oxygen atoms in total. The minimum atomic E-state index is 0.273. The van der Waals surface area contributed by atoms with Gasteiger partial charge in [-0.05, 0) is 6.42 Å². The van der Waals surface area contributed by atoms with E-state index in [2.05, 4.69) is 16.9 Å².